The van der Waals surface area contributed by atoms with Gasteiger partial charge in [0.2, 0.25) is 0 Å². The number of hydrogen-bond donors (Lipinski definition) is 0. The molecule has 2 aliphatic rings. The Kier molecular flexibility index (Phi) is 12.8. The maximum Gasteiger partial charge on any atom is 0 e. The van der Waals surface area contributed by atoms with Crippen LogP contribution in [0, 0.1) is 0 Å². The van der Waals surface area contributed by atoms with Gasteiger partial charge < -0.3 is 30.3 Å². The van der Waals surface area contributed by atoms with Crippen molar-refractivity contribution in [3.63, 3.8) is 0 Å². The molecule has 0 aliphatic heterocycles. The van der Waals surface area contributed by atoms with Gasteiger partial charge in [0.25, 0.3) is 0 Å². The second-order valence-electron chi connectivity index (χ2n) is 12.7. The third kappa shape index (κ3) is 8.81. The van der Waals surface area contributed by atoms with Gasteiger partial charge in [-0.3, -0.25) is 0 Å². The van der Waals surface area contributed by atoms with Gasteiger partial charge in [0.15, 0.2) is 0 Å². The molecule has 2 aromatic rings. The van der Waals surface area contributed by atoms with Crippen LogP contribution in [-0.2, 0) is 17.1 Å². The summed E-state index contributed by atoms with van der Waals surface area (Å²) in [6.45, 7) is 17.5. The maximum atomic E-state index is 2.58. The fraction of sp³-hybridized carbons (Fsp3) is 0.688. The van der Waals surface area contributed by atoms with Crippen LogP contribution in [-0.4, -0.2) is 21.6 Å². The van der Waals surface area contributed by atoms with E-state index in [1.165, 1.54) is 64.2 Å². The molecule has 0 spiro atoms. The van der Waals surface area contributed by atoms with Crippen LogP contribution in [0.5, 0.6) is 0 Å². The van der Waals surface area contributed by atoms with Gasteiger partial charge in [-0.1, -0.05) is 94.9 Å². The van der Waals surface area contributed by atoms with Gasteiger partial charge in [-0.25, -0.2) is 12.1 Å². The SMILES string of the molecule is C[C@H]([c-]1cccc1P(C1CCCCC1)C1CCCCC1)P(C(C)(C)C)C(C)(C)C.[Fe].[cH-]1[cH-][cH-][cH-][cH-]1. The molecule has 3 heteroatoms. The minimum absolute atomic E-state index is 0. The summed E-state index contributed by atoms with van der Waals surface area (Å²) in [7, 11) is -0.114. The molecule has 0 amide bonds. The van der Waals surface area contributed by atoms with Crippen LogP contribution in [0.2, 0.25) is 0 Å². The van der Waals surface area contributed by atoms with E-state index in [9.17, 15) is 0 Å². The molecule has 0 bridgehead atoms. The Balaban J connectivity index is 0.000000640. The normalized spacial score (nSPS) is 19.2. The van der Waals surface area contributed by atoms with E-state index in [-0.39, 0.29) is 32.9 Å². The molecule has 0 N–H and O–H groups in total. The van der Waals surface area contributed by atoms with Crippen LogP contribution in [0.1, 0.15) is 124 Å². The first-order chi connectivity index (χ1) is 16.1. The Hall–Kier alpha value is 0.0795. The molecule has 2 aliphatic carbocycles. The first kappa shape index (κ1) is 31.3. The molecule has 0 saturated heterocycles. The van der Waals surface area contributed by atoms with Gasteiger partial charge in [0.1, 0.15) is 0 Å². The van der Waals surface area contributed by atoms with Crippen molar-refractivity contribution in [1.82, 2.24) is 0 Å². The molecular weight excluding hydrogens is 502 g/mol. The average molecular weight is 555 g/mol. The number of hydrogen-bond acceptors (Lipinski definition) is 0. The molecule has 204 valence electrons. The monoisotopic (exact) mass is 554 g/mol. The topological polar surface area (TPSA) is 0 Å². The minimum atomic E-state index is -0.120. The van der Waals surface area contributed by atoms with E-state index in [1.807, 2.05) is 35.6 Å². The molecule has 0 nitrogen and oxygen atoms in total. The van der Waals surface area contributed by atoms with Crippen molar-refractivity contribution in [3.05, 3.63) is 54.1 Å². The van der Waals surface area contributed by atoms with E-state index in [4.69, 9.17) is 0 Å². The molecule has 2 saturated carbocycles. The van der Waals surface area contributed by atoms with Gasteiger partial charge in [-0.05, 0) is 53.0 Å². The predicted octanol–water partition coefficient (Wildman–Crippen LogP) is 10.7. The first-order valence-electron chi connectivity index (χ1n) is 14.1. The molecular formula is C32H52FeP2-6. The van der Waals surface area contributed by atoms with Crippen LogP contribution in [0.4, 0.5) is 0 Å². The Morgan fingerprint density at radius 2 is 1.14 bits per heavy atom. The summed E-state index contributed by atoms with van der Waals surface area (Å²) in [5.41, 5.74) is 4.46. The van der Waals surface area contributed by atoms with Crippen LogP contribution in [0.15, 0.2) is 48.5 Å². The predicted molar refractivity (Wildman–Crippen MR) is 159 cm³/mol. The Morgan fingerprint density at radius 1 is 0.743 bits per heavy atom. The van der Waals surface area contributed by atoms with Crippen LogP contribution in [0.3, 0.4) is 0 Å². The van der Waals surface area contributed by atoms with E-state index in [1.54, 1.807) is 5.56 Å². The summed E-state index contributed by atoms with van der Waals surface area (Å²) < 4.78 is 0. The largest absolute Gasteiger partial charge is 0.748 e. The molecule has 0 unspecified atom stereocenters. The summed E-state index contributed by atoms with van der Waals surface area (Å²) in [6, 6.07) is 17.5. The maximum absolute atomic E-state index is 2.58. The van der Waals surface area contributed by atoms with Crippen molar-refractivity contribution < 1.29 is 17.1 Å². The third-order valence-electron chi connectivity index (χ3n) is 7.88. The van der Waals surface area contributed by atoms with Gasteiger partial charge in [-0.2, -0.15) is 6.07 Å². The van der Waals surface area contributed by atoms with E-state index in [0.29, 0.717) is 16.0 Å². The van der Waals surface area contributed by atoms with Crippen molar-refractivity contribution in [1.29, 1.82) is 0 Å². The second-order valence-corrected chi connectivity index (χ2v) is 19.7. The molecule has 4 rings (SSSR count). The standard InChI is InChI=1S/C27H47P2.C5H5.Fe/c1-21(29(26(2,3)4)27(5,6)7)24-19-14-20-25(24)28(22-15-10-8-11-16-22)23-17-12-9-13-18-23;1-2-4-5-3-1;/h14,19-23H,8-13,15-18H2,1-7H3;1-5H;/q-1;-5;/t21-;;/m1../s1. The quantitative estimate of drug-likeness (QED) is 0.196. The summed E-state index contributed by atoms with van der Waals surface area (Å²) in [6.07, 6.45) is 14.9. The van der Waals surface area contributed by atoms with Crippen LogP contribution in [0.25, 0.3) is 0 Å². The minimum Gasteiger partial charge on any atom is -0.748 e. The summed E-state index contributed by atoms with van der Waals surface area (Å²) in [5.74, 6) is 0. The third-order valence-corrected chi connectivity index (χ3v) is 15.4. The molecule has 0 radical (unpaired) electrons. The van der Waals surface area contributed by atoms with Crippen molar-refractivity contribution in [2.45, 2.75) is 140 Å². The van der Waals surface area contributed by atoms with E-state index in [0.717, 1.165) is 11.3 Å². The van der Waals surface area contributed by atoms with Gasteiger partial charge in [0.05, 0.1) is 0 Å². The Morgan fingerprint density at radius 3 is 1.51 bits per heavy atom. The molecule has 1 atom stereocenters. The van der Waals surface area contributed by atoms with Crippen molar-refractivity contribution in [2.75, 3.05) is 0 Å². The Labute approximate surface area is 231 Å². The fourth-order valence-electron chi connectivity index (χ4n) is 7.05. The molecule has 2 fully saturated rings. The summed E-state index contributed by atoms with van der Waals surface area (Å²) >= 11 is 0. The van der Waals surface area contributed by atoms with Gasteiger partial charge in [-0.15, -0.1) is 18.8 Å². The molecule has 0 aromatic heterocycles. The van der Waals surface area contributed by atoms with Gasteiger partial charge in [0, 0.05) is 17.1 Å². The zero-order valence-electron chi connectivity index (χ0n) is 23.7. The van der Waals surface area contributed by atoms with E-state index >= 15 is 0 Å². The molecule has 2 aromatic carbocycles. The molecule has 0 heterocycles. The second kappa shape index (κ2) is 14.3. The summed E-state index contributed by atoms with van der Waals surface area (Å²) in [4.78, 5) is 0. The fourth-order valence-corrected chi connectivity index (χ4v) is 16.0. The van der Waals surface area contributed by atoms with E-state index in [2.05, 4.69) is 66.7 Å². The average Bonchev–Trinajstić information content (AvgIpc) is 3.49. The zero-order chi connectivity index (χ0) is 24.8. The van der Waals surface area contributed by atoms with Crippen LogP contribution < -0.4 is 5.30 Å². The van der Waals surface area contributed by atoms with Crippen molar-refractivity contribution in [3.8, 4) is 0 Å². The van der Waals surface area contributed by atoms with Crippen molar-refractivity contribution in [2.24, 2.45) is 0 Å². The smallest absolute Gasteiger partial charge is 0 e. The van der Waals surface area contributed by atoms with Crippen LogP contribution >= 0.6 is 15.8 Å². The zero-order valence-corrected chi connectivity index (χ0v) is 26.6. The Bertz CT molecular complexity index is 746. The number of rotatable bonds is 5. The summed E-state index contributed by atoms with van der Waals surface area (Å²) in [5, 5.41) is 2.62. The van der Waals surface area contributed by atoms with Crippen molar-refractivity contribution >= 4 is 21.1 Å². The van der Waals surface area contributed by atoms with Gasteiger partial charge >= 0.3 is 0 Å². The first-order valence-corrected chi connectivity index (χ1v) is 17.0. The van der Waals surface area contributed by atoms with E-state index < -0.39 is 0 Å². The molecule has 35 heavy (non-hydrogen) atoms.